The predicted octanol–water partition coefficient (Wildman–Crippen LogP) is 1.39. The van der Waals surface area contributed by atoms with Crippen LogP contribution in [0.5, 0.6) is 0 Å². The van der Waals surface area contributed by atoms with Crippen molar-refractivity contribution in [2.24, 2.45) is 11.7 Å². The number of carbonyl (C=O) groups is 2. The van der Waals surface area contributed by atoms with Crippen LogP contribution in [0.1, 0.15) is 31.9 Å². The maximum absolute atomic E-state index is 12.0. The highest BCUT2D eigenvalue weighted by Gasteiger charge is 2.21. The molecule has 0 spiro atoms. The molecule has 1 aromatic rings. The second-order valence-corrected chi connectivity index (χ2v) is 4.85. The molecule has 0 aliphatic carbocycles. The fourth-order valence-corrected chi connectivity index (χ4v) is 1.85. The van der Waals surface area contributed by atoms with E-state index < -0.39 is 0 Å². The van der Waals surface area contributed by atoms with E-state index in [2.05, 4.69) is 10.6 Å². The van der Waals surface area contributed by atoms with Gasteiger partial charge in [0.2, 0.25) is 11.8 Å². The molecule has 1 rings (SSSR count). The highest BCUT2D eigenvalue weighted by atomic mass is 35.5. The van der Waals surface area contributed by atoms with Crippen LogP contribution in [-0.4, -0.2) is 24.9 Å². The van der Waals surface area contributed by atoms with Crippen LogP contribution in [0.25, 0.3) is 0 Å². The van der Waals surface area contributed by atoms with E-state index in [1.165, 1.54) is 6.92 Å². The molecule has 118 valence electrons. The van der Waals surface area contributed by atoms with Crippen LogP contribution < -0.4 is 16.4 Å². The van der Waals surface area contributed by atoms with Crippen LogP contribution in [0.3, 0.4) is 0 Å². The highest BCUT2D eigenvalue weighted by molar-refractivity contribution is 5.85. The Balaban J connectivity index is 0.00000400. The van der Waals surface area contributed by atoms with E-state index in [0.717, 1.165) is 5.56 Å². The van der Waals surface area contributed by atoms with Crippen LogP contribution in [0.4, 0.5) is 0 Å². The van der Waals surface area contributed by atoms with Gasteiger partial charge < -0.3 is 16.4 Å². The first-order chi connectivity index (χ1) is 9.52. The average molecular weight is 314 g/mol. The fourth-order valence-electron chi connectivity index (χ4n) is 1.85. The fraction of sp³-hybridized carbons (Fsp3) is 0.467. The summed E-state index contributed by atoms with van der Waals surface area (Å²) >= 11 is 0. The first-order valence-corrected chi connectivity index (χ1v) is 6.85. The maximum atomic E-state index is 12.0. The molecule has 0 aromatic heterocycles. The Morgan fingerprint density at radius 1 is 1.14 bits per heavy atom. The molecular weight excluding hydrogens is 290 g/mol. The Morgan fingerprint density at radius 2 is 1.71 bits per heavy atom. The molecule has 0 fully saturated rings. The number of benzene rings is 1. The van der Waals surface area contributed by atoms with Crippen molar-refractivity contribution >= 4 is 24.2 Å². The standard InChI is InChI=1S/C15H23N3O2.ClH/c1-11(14(16)13-7-4-3-5-8-13)15(20)18-10-6-9-17-12(2)19;/h3-5,7-8,11,14H,6,9-10,16H2,1-2H3,(H,17,19)(H,18,20);1H. The number of hydrogen-bond donors (Lipinski definition) is 3. The number of hydrogen-bond acceptors (Lipinski definition) is 3. The van der Waals surface area contributed by atoms with Gasteiger partial charge in [-0.3, -0.25) is 9.59 Å². The zero-order valence-electron chi connectivity index (χ0n) is 12.5. The predicted molar refractivity (Wildman–Crippen MR) is 86.1 cm³/mol. The Hall–Kier alpha value is -1.59. The molecule has 1 aromatic carbocycles. The summed E-state index contributed by atoms with van der Waals surface area (Å²) in [6, 6.07) is 9.27. The molecule has 0 heterocycles. The molecule has 2 amide bonds. The van der Waals surface area contributed by atoms with Gasteiger partial charge >= 0.3 is 0 Å². The minimum atomic E-state index is -0.313. The first-order valence-electron chi connectivity index (χ1n) is 6.85. The van der Waals surface area contributed by atoms with Crippen molar-refractivity contribution in [2.75, 3.05) is 13.1 Å². The van der Waals surface area contributed by atoms with Gasteiger partial charge in [-0.1, -0.05) is 37.3 Å². The molecule has 0 saturated heterocycles. The van der Waals surface area contributed by atoms with E-state index >= 15 is 0 Å². The summed E-state index contributed by atoms with van der Waals surface area (Å²) in [6.07, 6.45) is 0.707. The lowest BCUT2D eigenvalue weighted by molar-refractivity contribution is -0.125. The van der Waals surface area contributed by atoms with Crippen molar-refractivity contribution in [2.45, 2.75) is 26.3 Å². The summed E-state index contributed by atoms with van der Waals surface area (Å²) < 4.78 is 0. The van der Waals surface area contributed by atoms with Gasteiger partial charge in [-0.2, -0.15) is 0 Å². The van der Waals surface area contributed by atoms with E-state index in [1.807, 2.05) is 37.3 Å². The van der Waals surface area contributed by atoms with Gasteiger partial charge in [0.05, 0.1) is 5.92 Å². The van der Waals surface area contributed by atoms with Crippen LogP contribution in [0.15, 0.2) is 30.3 Å². The van der Waals surface area contributed by atoms with Gasteiger partial charge in [0.1, 0.15) is 0 Å². The van der Waals surface area contributed by atoms with Gasteiger partial charge in [-0.25, -0.2) is 0 Å². The topological polar surface area (TPSA) is 84.2 Å². The summed E-state index contributed by atoms with van der Waals surface area (Å²) in [7, 11) is 0. The first kappa shape index (κ1) is 19.4. The number of rotatable bonds is 7. The Kier molecular flexibility index (Phi) is 9.41. The monoisotopic (exact) mass is 313 g/mol. The normalized spacial score (nSPS) is 12.7. The molecule has 5 nitrogen and oxygen atoms in total. The lowest BCUT2D eigenvalue weighted by Crippen LogP contribution is -2.37. The third kappa shape index (κ3) is 7.11. The van der Waals surface area contributed by atoms with Gasteiger partial charge in [0, 0.05) is 26.1 Å². The van der Waals surface area contributed by atoms with E-state index in [0.29, 0.717) is 19.5 Å². The summed E-state index contributed by atoms with van der Waals surface area (Å²) in [5.74, 6) is -0.418. The van der Waals surface area contributed by atoms with Crippen LogP contribution >= 0.6 is 12.4 Å². The second kappa shape index (κ2) is 10.2. The van der Waals surface area contributed by atoms with Crippen molar-refractivity contribution in [3.05, 3.63) is 35.9 Å². The molecule has 0 bridgehead atoms. The van der Waals surface area contributed by atoms with Crippen molar-refractivity contribution < 1.29 is 9.59 Å². The smallest absolute Gasteiger partial charge is 0.224 e. The van der Waals surface area contributed by atoms with Gasteiger partial charge in [0.25, 0.3) is 0 Å². The van der Waals surface area contributed by atoms with Crippen molar-refractivity contribution in [1.29, 1.82) is 0 Å². The van der Waals surface area contributed by atoms with E-state index in [4.69, 9.17) is 5.73 Å². The molecule has 2 atom stereocenters. The maximum Gasteiger partial charge on any atom is 0.224 e. The number of nitrogens with two attached hydrogens (primary N) is 1. The Bertz CT molecular complexity index is 440. The molecule has 2 unspecified atom stereocenters. The van der Waals surface area contributed by atoms with Gasteiger partial charge in [0.15, 0.2) is 0 Å². The zero-order chi connectivity index (χ0) is 15.0. The van der Waals surface area contributed by atoms with Crippen molar-refractivity contribution in [3.63, 3.8) is 0 Å². The number of carbonyl (C=O) groups excluding carboxylic acids is 2. The van der Waals surface area contributed by atoms with E-state index in [1.54, 1.807) is 0 Å². The lowest BCUT2D eigenvalue weighted by Gasteiger charge is -2.19. The van der Waals surface area contributed by atoms with Crippen molar-refractivity contribution in [1.82, 2.24) is 10.6 Å². The minimum Gasteiger partial charge on any atom is -0.356 e. The van der Waals surface area contributed by atoms with Crippen LogP contribution in [-0.2, 0) is 9.59 Å². The van der Waals surface area contributed by atoms with E-state index in [9.17, 15) is 9.59 Å². The molecule has 4 N–H and O–H groups in total. The second-order valence-electron chi connectivity index (χ2n) is 4.85. The number of halogens is 1. The van der Waals surface area contributed by atoms with E-state index in [-0.39, 0.29) is 36.2 Å². The number of nitrogens with one attached hydrogen (secondary N) is 2. The summed E-state index contributed by atoms with van der Waals surface area (Å²) in [5.41, 5.74) is 7.04. The molecule has 0 radical (unpaired) electrons. The summed E-state index contributed by atoms with van der Waals surface area (Å²) in [4.78, 5) is 22.7. The minimum absolute atomic E-state index is 0. The third-order valence-corrected chi connectivity index (χ3v) is 3.16. The van der Waals surface area contributed by atoms with Gasteiger partial charge in [-0.05, 0) is 12.0 Å². The van der Waals surface area contributed by atoms with Gasteiger partial charge in [-0.15, -0.1) is 12.4 Å². The molecule has 0 aliphatic rings. The van der Waals surface area contributed by atoms with Crippen LogP contribution in [0, 0.1) is 5.92 Å². The average Bonchev–Trinajstić information content (AvgIpc) is 2.45. The molecule has 21 heavy (non-hydrogen) atoms. The number of amides is 2. The molecular formula is C15H24ClN3O2. The molecule has 0 saturated carbocycles. The SMILES string of the molecule is CC(=O)NCCCNC(=O)C(C)C(N)c1ccccc1.Cl. The Labute approximate surface area is 132 Å². The molecule has 6 heteroatoms. The lowest BCUT2D eigenvalue weighted by atomic mass is 9.95. The van der Waals surface area contributed by atoms with Crippen molar-refractivity contribution in [3.8, 4) is 0 Å². The third-order valence-electron chi connectivity index (χ3n) is 3.16. The largest absolute Gasteiger partial charge is 0.356 e. The zero-order valence-corrected chi connectivity index (χ0v) is 13.3. The quantitative estimate of drug-likeness (QED) is 0.665. The summed E-state index contributed by atoms with van der Waals surface area (Å²) in [5, 5.41) is 5.52. The summed E-state index contributed by atoms with van der Waals surface area (Å²) in [6.45, 7) is 4.39. The van der Waals surface area contributed by atoms with Crippen LogP contribution in [0.2, 0.25) is 0 Å². The Morgan fingerprint density at radius 3 is 2.29 bits per heavy atom. The highest BCUT2D eigenvalue weighted by Crippen LogP contribution is 2.18. The molecule has 0 aliphatic heterocycles.